The summed E-state index contributed by atoms with van der Waals surface area (Å²) in [7, 11) is 0. The molecule has 4 N–H and O–H groups in total. The molecule has 0 aromatic heterocycles. The largest absolute Gasteiger partial charge is 0.493 e. The van der Waals surface area contributed by atoms with Crippen LogP contribution < -0.4 is 21.2 Å². The minimum absolute atomic E-state index is 0.0695. The van der Waals surface area contributed by atoms with Crippen LogP contribution in [0.3, 0.4) is 0 Å². The van der Waals surface area contributed by atoms with Gasteiger partial charge in [0, 0.05) is 12.2 Å². The number of ether oxygens (including phenoxy) is 1. The van der Waals surface area contributed by atoms with Crippen molar-refractivity contribution in [1.29, 1.82) is 5.26 Å². The van der Waals surface area contributed by atoms with Crippen molar-refractivity contribution in [1.82, 2.24) is 15.8 Å². The highest BCUT2D eigenvalue weighted by molar-refractivity contribution is 5.50. The Kier molecular flexibility index (Phi) is 4.33. The molecule has 1 saturated carbocycles. The van der Waals surface area contributed by atoms with Crippen LogP contribution >= 0.6 is 0 Å². The molecule has 6 nitrogen and oxygen atoms in total. The third-order valence-electron chi connectivity index (χ3n) is 5.97. The molecule has 0 amide bonds. The summed E-state index contributed by atoms with van der Waals surface area (Å²) in [5.41, 5.74) is 11.5. The Morgan fingerprint density at radius 2 is 1.93 bits per heavy atom. The summed E-state index contributed by atoms with van der Waals surface area (Å²) in [6, 6.07) is 18.3. The van der Waals surface area contributed by atoms with Crippen LogP contribution in [0.15, 0.2) is 60.4 Å². The minimum atomic E-state index is -0.927. The van der Waals surface area contributed by atoms with Gasteiger partial charge in [-0.1, -0.05) is 30.3 Å². The number of nitriles is 1. The van der Waals surface area contributed by atoms with Crippen LogP contribution in [-0.4, -0.2) is 18.2 Å². The second-order valence-corrected chi connectivity index (χ2v) is 8.07. The van der Waals surface area contributed by atoms with Crippen molar-refractivity contribution < 1.29 is 4.74 Å². The second-order valence-electron chi connectivity index (χ2n) is 8.07. The molecule has 2 heterocycles. The summed E-state index contributed by atoms with van der Waals surface area (Å²) in [5, 5.41) is 15.6. The third kappa shape index (κ3) is 3.28. The van der Waals surface area contributed by atoms with E-state index >= 15 is 0 Å². The second kappa shape index (κ2) is 7.02. The molecule has 1 saturated heterocycles. The quantitative estimate of drug-likeness (QED) is 0.683. The van der Waals surface area contributed by atoms with Crippen LogP contribution in [0.2, 0.25) is 0 Å². The van der Waals surface area contributed by atoms with Crippen LogP contribution in [0, 0.1) is 17.2 Å². The highest BCUT2D eigenvalue weighted by Gasteiger charge is 2.43. The van der Waals surface area contributed by atoms with Crippen molar-refractivity contribution in [2.24, 2.45) is 5.92 Å². The average Bonchev–Trinajstić information content (AvgIpc) is 3.50. The topological polar surface area (TPSA) is 86.3 Å². The van der Waals surface area contributed by atoms with E-state index in [4.69, 9.17) is 10.5 Å². The zero-order chi connectivity index (χ0) is 19.8. The zero-order valence-corrected chi connectivity index (χ0v) is 16.3. The Bertz CT molecular complexity index is 976. The SMILES string of the molecule is N#CC1(c2ccc(OCC3CC3)cc2)C=C2NCCC(c3ccccc3N)N2N1. The van der Waals surface area contributed by atoms with E-state index < -0.39 is 5.54 Å². The Labute approximate surface area is 170 Å². The number of rotatable bonds is 5. The predicted octanol–water partition coefficient (Wildman–Crippen LogP) is 3.17. The first kappa shape index (κ1) is 17.9. The maximum atomic E-state index is 10.1. The van der Waals surface area contributed by atoms with E-state index in [-0.39, 0.29) is 6.04 Å². The smallest absolute Gasteiger partial charge is 0.171 e. The van der Waals surface area contributed by atoms with Crippen molar-refractivity contribution in [2.45, 2.75) is 30.8 Å². The molecular weight excluding hydrogens is 362 g/mol. The molecule has 0 spiro atoms. The molecule has 2 aliphatic heterocycles. The predicted molar refractivity (Wildman–Crippen MR) is 111 cm³/mol. The Morgan fingerprint density at radius 1 is 1.14 bits per heavy atom. The number of nitrogens with two attached hydrogens (primary N) is 1. The Balaban J connectivity index is 1.41. The van der Waals surface area contributed by atoms with E-state index in [1.165, 1.54) is 12.8 Å². The maximum absolute atomic E-state index is 10.1. The van der Waals surface area contributed by atoms with Crippen molar-refractivity contribution >= 4 is 5.69 Å². The average molecular weight is 387 g/mol. The number of fused-ring (bicyclic) bond motifs is 1. The maximum Gasteiger partial charge on any atom is 0.171 e. The van der Waals surface area contributed by atoms with Crippen molar-refractivity contribution in [3.05, 3.63) is 71.6 Å². The summed E-state index contributed by atoms with van der Waals surface area (Å²) in [6.07, 6.45) is 5.40. The lowest BCUT2D eigenvalue weighted by Crippen LogP contribution is -2.50. The molecule has 1 aliphatic carbocycles. The molecule has 2 unspecified atom stereocenters. The molecule has 2 atom stereocenters. The first-order chi connectivity index (χ1) is 14.2. The van der Waals surface area contributed by atoms with Gasteiger partial charge < -0.3 is 15.8 Å². The highest BCUT2D eigenvalue weighted by Crippen LogP contribution is 2.39. The van der Waals surface area contributed by atoms with Crippen LogP contribution in [0.5, 0.6) is 5.75 Å². The summed E-state index contributed by atoms with van der Waals surface area (Å²) in [4.78, 5) is 0. The fraction of sp³-hybridized carbons (Fsp3) is 0.348. The van der Waals surface area contributed by atoms with E-state index in [2.05, 4.69) is 27.9 Å². The monoisotopic (exact) mass is 387 g/mol. The van der Waals surface area contributed by atoms with E-state index in [0.717, 1.165) is 48.0 Å². The fourth-order valence-electron chi connectivity index (χ4n) is 4.10. The number of nitrogens with zero attached hydrogens (tertiary/aromatic N) is 2. The van der Waals surface area contributed by atoms with E-state index in [9.17, 15) is 5.26 Å². The number of benzene rings is 2. The number of para-hydroxylation sites is 1. The number of hydrazine groups is 1. The van der Waals surface area contributed by atoms with Gasteiger partial charge in [-0.05, 0) is 60.6 Å². The van der Waals surface area contributed by atoms with E-state index in [1.54, 1.807) is 0 Å². The van der Waals surface area contributed by atoms with E-state index in [0.29, 0.717) is 5.92 Å². The lowest BCUT2D eigenvalue weighted by Gasteiger charge is -2.38. The van der Waals surface area contributed by atoms with Crippen LogP contribution in [0.1, 0.15) is 36.4 Å². The lowest BCUT2D eigenvalue weighted by molar-refractivity contribution is 0.126. The van der Waals surface area contributed by atoms with Crippen molar-refractivity contribution in [3.63, 3.8) is 0 Å². The van der Waals surface area contributed by atoms with Crippen LogP contribution in [0.25, 0.3) is 0 Å². The number of nitrogens with one attached hydrogen (secondary N) is 2. The number of anilines is 1. The minimum Gasteiger partial charge on any atom is -0.493 e. The number of hydrogen-bond donors (Lipinski definition) is 3. The molecule has 2 aromatic carbocycles. The summed E-state index contributed by atoms with van der Waals surface area (Å²) in [6.45, 7) is 1.61. The van der Waals surface area contributed by atoms with Crippen molar-refractivity contribution in [2.75, 3.05) is 18.9 Å². The van der Waals surface area contributed by atoms with Crippen LogP contribution in [-0.2, 0) is 5.54 Å². The normalized spacial score (nSPS) is 25.6. The molecular formula is C23H25N5O. The van der Waals surface area contributed by atoms with Gasteiger partial charge in [0.05, 0.1) is 18.7 Å². The van der Waals surface area contributed by atoms with Gasteiger partial charge in [0.2, 0.25) is 0 Å². The molecule has 6 heteroatoms. The van der Waals surface area contributed by atoms with E-state index in [1.807, 2.05) is 48.5 Å². The summed E-state index contributed by atoms with van der Waals surface area (Å²) < 4.78 is 5.84. The molecule has 29 heavy (non-hydrogen) atoms. The standard InChI is InChI=1S/C23H25N5O/c24-15-23(17-7-9-18(10-8-17)29-14-16-5-6-16)13-22-26-12-11-21(28(22)27-23)19-3-1-2-4-20(19)25/h1-4,7-10,13,16,21,26-27H,5-6,11-12,14,25H2. The molecule has 0 radical (unpaired) electrons. The molecule has 2 fully saturated rings. The molecule has 0 bridgehead atoms. The summed E-state index contributed by atoms with van der Waals surface area (Å²) >= 11 is 0. The third-order valence-corrected chi connectivity index (χ3v) is 5.97. The van der Waals surface area contributed by atoms with Gasteiger partial charge in [-0.3, -0.25) is 5.01 Å². The van der Waals surface area contributed by atoms with Gasteiger partial charge in [0.1, 0.15) is 11.6 Å². The Morgan fingerprint density at radius 3 is 2.66 bits per heavy atom. The fourth-order valence-corrected chi connectivity index (χ4v) is 4.10. The highest BCUT2D eigenvalue weighted by atomic mass is 16.5. The number of hydrogen-bond acceptors (Lipinski definition) is 6. The van der Waals surface area contributed by atoms with Gasteiger partial charge in [-0.25, -0.2) is 5.43 Å². The van der Waals surface area contributed by atoms with Gasteiger partial charge >= 0.3 is 0 Å². The van der Waals surface area contributed by atoms with Gasteiger partial charge in [0.15, 0.2) is 5.54 Å². The molecule has 2 aromatic rings. The van der Waals surface area contributed by atoms with Crippen LogP contribution in [0.4, 0.5) is 5.69 Å². The summed E-state index contributed by atoms with van der Waals surface area (Å²) in [5.74, 6) is 2.48. The van der Waals surface area contributed by atoms with Gasteiger partial charge in [-0.2, -0.15) is 5.26 Å². The first-order valence-electron chi connectivity index (χ1n) is 10.2. The number of nitrogen functional groups attached to an aromatic ring is 1. The zero-order valence-electron chi connectivity index (χ0n) is 16.3. The first-order valence-corrected chi connectivity index (χ1v) is 10.2. The van der Waals surface area contributed by atoms with Gasteiger partial charge in [0.25, 0.3) is 0 Å². The Hall–Kier alpha value is -3.17. The lowest BCUT2D eigenvalue weighted by atomic mass is 9.92. The van der Waals surface area contributed by atoms with Crippen molar-refractivity contribution in [3.8, 4) is 11.8 Å². The molecule has 3 aliphatic rings. The molecule has 148 valence electrons. The molecule has 5 rings (SSSR count). The van der Waals surface area contributed by atoms with Gasteiger partial charge in [-0.15, -0.1) is 0 Å².